The van der Waals surface area contributed by atoms with Gasteiger partial charge in [0.25, 0.3) is 5.69 Å². The van der Waals surface area contributed by atoms with Crippen molar-refractivity contribution in [1.29, 1.82) is 0 Å². The van der Waals surface area contributed by atoms with Crippen LogP contribution in [0.4, 0.5) is 11.4 Å². The van der Waals surface area contributed by atoms with Gasteiger partial charge in [0.05, 0.1) is 30.0 Å². The first kappa shape index (κ1) is 12.9. The highest BCUT2D eigenvalue weighted by Gasteiger charge is 2.15. The highest BCUT2D eigenvalue weighted by Crippen LogP contribution is 2.31. The predicted octanol–water partition coefficient (Wildman–Crippen LogP) is 3.37. The van der Waals surface area contributed by atoms with Crippen LogP contribution in [0.25, 0.3) is 0 Å². The highest BCUT2D eigenvalue weighted by atomic mass is 16.6. The van der Waals surface area contributed by atoms with Gasteiger partial charge in [0.15, 0.2) is 0 Å². The molecule has 2 rings (SSSR count). The standard InChI is InChI=1S/C13H14N2O4/c1-9(12-4-3-7-19-12)14-11-8-10(15(16)17)5-6-13(11)18-2/h3-9,14H,1-2H3. The molecule has 6 nitrogen and oxygen atoms in total. The number of non-ortho nitro benzene ring substituents is 1. The predicted molar refractivity (Wildman–Crippen MR) is 70.4 cm³/mol. The van der Waals surface area contributed by atoms with Crippen molar-refractivity contribution in [3.8, 4) is 5.75 Å². The van der Waals surface area contributed by atoms with Crippen molar-refractivity contribution in [2.45, 2.75) is 13.0 Å². The summed E-state index contributed by atoms with van der Waals surface area (Å²) in [5, 5.41) is 13.9. The molecule has 0 aliphatic carbocycles. The summed E-state index contributed by atoms with van der Waals surface area (Å²) in [6.45, 7) is 1.90. The van der Waals surface area contributed by atoms with Gasteiger partial charge >= 0.3 is 0 Å². The van der Waals surface area contributed by atoms with Crippen LogP contribution in [-0.4, -0.2) is 12.0 Å². The van der Waals surface area contributed by atoms with Crippen molar-refractivity contribution < 1.29 is 14.1 Å². The molecule has 6 heteroatoms. The molecule has 0 spiro atoms. The van der Waals surface area contributed by atoms with Crippen LogP contribution in [0.15, 0.2) is 41.0 Å². The van der Waals surface area contributed by atoms with Gasteiger partial charge in [-0.25, -0.2) is 0 Å². The summed E-state index contributed by atoms with van der Waals surface area (Å²) in [6.07, 6.45) is 1.58. The van der Waals surface area contributed by atoms with Gasteiger partial charge in [-0.2, -0.15) is 0 Å². The number of methoxy groups -OCH3 is 1. The lowest BCUT2D eigenvalue weighted by Crippen LogP contribution is -2.07. The molecule has 0 aliphatic heterocycles. The van der Waals surface area contributed by atoms with E-state index in [1.54, 1.807) is 18.4 Å². The molecule has 2 aromatic rings. The molecule has 1 atom stereocenters. The molecular formula is C13H14N2O4. The van der Waals surface area contributed by atoms with Crippen molar-refractivity contribution >= 4 is 11.4 Å². The first-order valence-corrected chi connectivity index (χ1v) is 5.74. The summed E-state index contributed by atoms with van der Waals surface area (Å²) in [6, 6.07) is 7.92. The lowest BCUT2D eigenvalue weighted by molar-refractivity contribution is -0.384. The number of ether oxygens (including phenoxy) is 1. The van der Waals surface area contributed by atoms with Crippen LogP contribution < -0.4 is 10.1 Å². The zero-order chi connectivity index (χ0) is 13.8. The van der Waals surface area contributed by atoms with Gasteiger partial charge < -0.3 is 14.5 Å². The van der Waals surface area contributed by atoms with Gasteiger partial charge in [-0.1, -0.05) is 0 Å². The SMILES string of the molecule is COc1ccc([N+](=O)[O-])cc1NC(C)c1ccco1. The number of nitrogens with zero attached hydrogens (tertiary/aromatic N) is 1. The molecule has 0 fully saturated rings. The number of nitrogens with one attached hydrogen (secondary N) is 1. The third-order valence-corrected chi connectivity index (χ3v) is 2.74. The smallest absolute Gasteiger partial charge is 0.271 e. The fourth-order valence-electron chi connectivity index (χ4n) is 1.76. The van der Waals surface area contributed by atoms with Crippen molar-refractivity contribution in [1.82, 2.24) is 0 Å². The van der Waals surface area contributed by atoms with E-state index in [0.717, 1.165) is 5.76 Å². The van der Waals surface area contributed by atoms with Crippen molar-refractivity contribution in [3.05, 3.63) is 52.5 Å². The van der Waals surface area contributed by atoms with Crippen LogP contribution in [-0.2, 0) is 0 Å². The Hall–Kier alpha value is -2.50. The Morgan fingerprint density at radius 3 is 2.79 bits per heavy atom. The van der Waals surface area contributed by atoms with E-state index in [4.69, 9.17) is 9.15 Å². The first-order valence-electron chi connectivity index (χ1n) is 5.74. The number of benzene rings is 1. The highest BCUT2D eigenvalue weighted by molar-refractivity contribution is 5.62. The monoisotopic (exact) mass is 262 g/mol. The van der Waals surface area contributed by atoms with Crippen LogP contribution in [0.3, 0.4) is 0 Å². The van der Waals surface area contributed by atoms with E-state index in [0.29, 0.717) is 11.4 Å². The molecule has 0 saturated heterocycles. The Bertz CT molecular complexity index is 566. The maximum atomic E-state index is 10.8. The Labute approximate surface area is 110 Å². The number of furan rings is 1. The van der Waals surface area contributed by atoms with Gasteiger partial charge in [-0.15, -0.1) is 0 Å². The molecule has 100 valence electrons. The van der Waals surface area contributed by atoms with Crippen LogP contribution in [0.1, 0.15) is 18.7 Å². The number of nitro groups is 1. The van der Waals surface area contributed by atoms with Crippen LogP contribution in [0, 0.1) is 10.1 Å². The minimum Gasteiger partial charge on any atom is -0.495 e. The average molecular weight is 262 g/mol. The van der Waals surface area contributed by atoms with Crippen molar-refractivity contribution in [2.75, 3.05) is 12.4 Å². The summed E-state index contributed by atoms with van der Waals surface area (Å²) < 4.78 is 10.5. The molecule has 1 N–H and O–H groups in total. The van der Waals surface area contributed by atoms with Gasteiger partial charge in [0, 0.05) is 12.1 Å². The molecule has 0 saturated carbocycles. The minimum absolute atomic E-state index is 0.00921. The van der Waals surface area contributed by atoms with E-state index in [-0.39, 0.29) is 11.7 Å². The second-order valence-electron chi connectivity index (χ2n) is 4.02. The Morgan fingerprint density at radius 2 is 2.21 bits per heavy atom. The average Bonchev–Trinajstić information content (AvgIpc) is 2.92. The molecule has 0 aliphatic rings. The first-order chi connectivity index (χ1) is 9.11. The normalized spacial score (nSPS) is 11.9. The zero-order valence-electron chi connectivity index (χ0n) is 10.6. The molecule has 1 aromatic carbocycles. The summed E-state index contributed by atoms with van der Waals surface area (Å²) in [5.74, 6) is 1.29. The van der Waals surface area contributed by atoms with Gasteiger partial charge in [-0.05, 0) is 25.1 Å². The minimum atomic E-state index is -0.442. The number of hydrogen-bond acceptors (Lipinski definition) is 5. The fourth-order valence-corrected chi connectivity index (χ4v) is 1.76. The third kappa shape index (κ3) is 2.85. The quantitative estimate of drug-likeness (QED) is 0.660. The third-order valence-electron chi connectivity index (χ3n) is 2.74. The lowest BCUT2D eigenvalue weighted by Gasteiger charge is -2.15. The fraction of sp³-hybridized carbons (Fsp3) is 0.231. The summed E-state index contributed by atoms with van der Waals surface area (Å²) in [7, 11) is 1.52. The van der Waals surface area contributed by atoms with E-state index in [9.17, 15) is 10.1 Å². The topological polar surface area (TPSA) is 77.5 Å². The summed E-state index contributed by atoms with van der Waals surface area (Å²) >= 11 is 0. The lowest BCUT2D eigenvalue weighted by atomic mass is 10.2. The second-order valence-corrected chi connectivity index (χ2v) is 4.02. The van der Waals surface area contributed by atoms with E-state index in [2.05, 4.69) is 5.32 Å². The zero-order valence-corrected chi connectivity index (χ0v) is 10.6. The van der Waals surface area contributed by atoms with Crippen LogP contribution in [0.2, 0.25) is 0 Å². The van der Waals surface area contributed by atoms with Crippen LogP contribution in [0.5, 0.6) is 5.75 Å². The second kappa shape index (κ2) is 5.43. The molecule has 1 aromatic heterocycles. The molecule has 19 heavy (non-hydrogen) atoms. The van der Waals surface area contributed by atoms with Gasteiger partial charge in [0.1, 0.15) is 11.5 Å². The molecule has 0 amide bonds. The van der Waals surface area contributed by atoms with E-state index >= 15 is 0 Å². The number of rotatable bonds is 5. The van der Waals surface area contributed by atoms with Crippen molar-refractivity contribution in [2.24, 2.45) is 0 Å². The van der Waals surface area contributed by atoms with Gasteiger partial charge in [0.2, 0.25) is 0 Å². The largest absolute Gasteiger partial charge is 0.495 e. The van der Waals surface area contributed by atoms with Crippen molar-refractivity contribution in [3.63, 3.8) is 0 Å². The summed E-state index contributed by atoms with van der Waals surface area (Å²) in [4.78, 5) is 10.3. The number of nitro benzene ring substituents is 1. The number of anilines is 1. The van der Waals surface area contributed by atoms with Gasteiger partial charge in [-0.3, -0.25) is 10.1 Å². The van der Waals surface area contributed by atoms with Crippen LogP contribution >= 0.6 is 0 Å². The molecular weight excluding hydrogens is 248 g/mol. The molecule has 0 bridgehead atoms. The number of hydrogen-bond donors (Lipinski definition) is 1. The Morgan fingerprint density at radius 1 is 1.42 bits per heavy atom. The summed E-state index contributed by atoms with van der Waals surface area (Å²) in [5.41, 5.74) is 0.565. The Kier molecular flexibility index (Phi) is 3.70. The molecule has 1 heterocycles. The van der Waals surface area contributed by atoms with E-state index in [1.165, 1.54) is 19.2 Å². The van der Waals surface area contributed by atoms with E-state index < -0.39 is 4.92 Å². The maximum absolute atomic E-state index is 10.8. The molecule has 1 unspecified atom stereocenters. The molecule has 0 radical (unpaired) electrons. The Balaban J connectivity index is 2.27. The maximum Gasteiger partial charge on any atom is 0.271 e. The van der Waals surface area contributed by atoms with E-state index in [1.807, 2.05) is 13.0 Å².